The minimum atomic E-state index is 0.0596. The Labute approximate surface area is 87.0 Å². The van der Waals surface area contributed by atoms with Gasteiger partial charge in [0.2, 0.25) is 0 Å². The molecule has 1 radical (unpaired) electrons. The van der Waals surface area contributed by atoms with Gasteiger partial charge < -0.3 is 0 Å². The van der Waals surface area contributed by atoms with Crippen LogP contribution in [0.5, 0.6) is 0 Å². The number of rotatable bonds is 2. The van der Waals surface area contributed by atoms with Crippen LogP contribution in [-0.4, -0.2) is 5.78 Å². The number of carbonyl (C=O) groups excluding carboxylic acids is 1. The fourth-order valence-electron chi connectivity index (χ4n) is 1.28. The van der Waals surface area contributed by atoms with Gasteiger partial charge in [0.05, 0.1) is 5.38 Å². The van der Waals surface area contributed by atoms with E-state index in [0.29, 0.717) is 5.56 Å². The van der Waals surface area contributed by atoms with Crippen molar-refractivity contribution in [1.29, 1.82) is 0 Å². The van der Waals surface area contributed by atoms with Crippen molar-refractivity contribution in [2.45, 2.75) is 6.92 Å². The molecule has 69 valence electrons. The van der Waals surface area contributed by atoms with Crippen molar-refractivity contribution in [3.05, 3.63) is 57.8 Å². The summed E-state index contributed by atoms with van der Waals surface area (Å²) in [6, 6.07) is 9.30. The van der Waals surface area contributed by atoms with Gasteiger partial charge in [0.15, 0.2) is 5.78 Å². The third-order valence-electron chi connectivity index (χ3n) is 2.05. The number of hydrogen-bond donors (Lipinski definition) is 0. The van der Waals surface area contributed by atoms with Gasteiger partial charge >= 0.3 is 0 Å². The summed E-state index contributed by atoms with van der Waals surface area (Å²) in [5, 5.41) is 4.94. The van der Waals surface area contributed by atoms with Crippen molar-refractivity contribution >= 4 is 17.1 Å². The Balaban J connectivity index is 2.39. The van der Waals surface area contributed by atoms with E-state index in [0.717, 1.165) is 11.1 Å². The number of aryl methyl sites for hydroxylation is 1. The van der Waals surface area contributed by atoms with Crippen molar-refractivity contribution < 1.29 is 4.79 Å². The normalized spacial score (nSPS) is 10.1. The quantitative estimate of drug-likeness (QED) is 0.682. The third kappa shape index (κ3) is 1.61. The molecule has 14 heavy (non-hydrogen) atoms. The van der Waals surface area contributed by atoms with Gasteiger partial charge in [-0.05, 0) is 17.9 Å². The molecule has 2 rings (SSSR count). The van der Waals surface area contributed by atoms with Gasteiger partial charge in [-0.25, -0.2) is 0 Å². The lowest BCUT2D eigenvalue weighted by Gasteiger charge is -1.98. The Morgan fingerprint density at radius 1 is 1.29 bits per heavy atom. The van der Waals surface area contributed by atoms with Crippen molar-refractivity contribution in [2.24, 2.45) is 0 Å². The van der Waals surface area contributed by atoms with Crippen LogP contribution in [0.2, 0.25) is 0 Å². The second-order valence-electron chi connectivity index (χ2n) is 3.09. The van der Waals surface area contributed by atoms with E-state index in [1.165, 1.54) is 11.3 Å². The molecule has 0 aliphatic heterocycles. The van der Waals surface area contributed by atoms with E-state index in [9.17, 15) is 4.79 Å². The smallest absolute Gasteiger partial charge is 0.194 e. The van der Waals surface area contributed by atoms with Gasteiger partial charge in [0.1, 0.15) is 0 Å². The van der Waals surface area contributed by atoms with E-state index in [4.69, 9.17) is 0 Å². The van der Waals surface area contributed by atoms with E-state index in [-0.39, 0.29) is 5.78 Å². The molecule has 1 nitrogen and oxygen atoms in total. The van der Waals surface area contributed by atoms with Gasteiger partial charge in [-0.1, -0.05) is 30.3 Å². The van der Waals surface area contributed by atoms with Crippen LogP contribution >= 0.6 is 11.3 Å². The minimum Gasteiger partial charge on any atom is -0.289 e. The third-order valence-corrected chi connectivity index (χ3v) is 2.85. The summed E-state index contributed by atoms with van der Waals surface area (Å²) in [5.41, 5.74) is 2.43. The van der Waals surface area contributed by atoms with Crippen molar-refractivity contribution in [3.63, 3.8) is 0 Å². The Bertz CT molecular complexity index is 442. The fourth-order valence-corrected chi connectivity index (χ4v) is 2.00. The van der Waals surface area contributed by atoms with Gasteiger partial charge in [0, 0.05) is 11.1 Å². The molecule has 2 heteroatoms. The predicted molar refractivity (Wildman–Crippen MR) is 57.8 cm³/mol. The van der Waals surface area contributed by atoms with E-state index in [2.05, 4.69) is 5.38 Å². The first-order valence-corrected chi connectivity index (χ1v) is 5.22. The molecule has 0 bridgehead atoms. The first kappa shape index (κ1) is 9.16. The predicted octanol–water partition coefficient (Wildman–Crippen LogP) is 3.09. The fraction of sp³-hybridized carbons (Fsp3) is 0.0833. The highest BCUT2D eigenvalue weighted by Gasteiger charge is 2.11. The minimum absolute atomic E-state index is 0.0596. The second-order valence-corrected chi connectivity index (χ2v) is 3.77. The number of carbonyl (C=O) groups is 1. The molecule has 0 spiro atoms. The Morgan fingerprint density at radius 3 is 2.57 bits per heavy atom. The zero-order chi connectivity index (χ0) is 9.97. The molecule has 0 saturated heterocycles. The van der Waals surface area contributed by atoms with Crippen LogP contribution in [0.25, 0.3) is 0 Å². The maximum atomic E-state index is 11.9. The molecular weight excluding hydrogens is 192 g/mol. The van der Waals surface area contributed by atoms with Crippen LogP contribution in [0.1, 0.15) is 21.5 Å². The zero-order valence-electron chi connectivity index (χ0n) is 7.78. The molecule has 0 amide bonds. The van der Waals surface area contributed by atoms with Crippen LogP contribution in [0.3, 0.4) is 0 Å². The highest BCUT2D eigenvalue weighted by molar-refractivity contribution is 7.07. The largest absolute Gasteiger partial charge is 0.289 e. The number of benzene rings is 1. The summed E-state index contributed by atoms with van der Waals surface area (Å²) < 4.78 is 0. The topological polar surface area (TPSA) is 17.1 Å². The van der Waals surface area contributed by atoms with Crippen molar-refractivity contribution in [1.82, 2.24) is 0 Å². The highest BCUT2D eigenvalue weighted by Crippen LogP contribution is 2.16. The Hall–Kier alpha value is -1.41. The van der Waals surface area contributed by atoms with E-state index in [1.54, 1.807) is 0 Å². The average molecular weight is 201 g/mol. The summed E-state index contributed by atoms with van der Waals surface area (Å²) >= 11 is 1.44. The number of ketones is 1. The summed E-state index contributed by atoms with van der Waals surface area (Å²) in [7, 11) is 0. The van der Waals surface area contributed by atoms with Gasteiger partial charge in [-0.3, -0.25) is 4.79 Å². The molecule has 2 aromatic rings. The summed E-state index contributed by atoms with van der Waals surface area (Å²) in [4.78, 5) is 11.9. The first-order chi connectivity index (χ1) is 6.79. The van der Waals surface area contributed by atoms with Gasteiger partial charge in [-0.2, -0.15) is 0 Å². The standard InChI is InChI=1S/C12H9OS/c1-9-7-14-8-11(9)12(13)10-5-3-2-4-6-10/h2-7H,1H3. The molecule has 1 heterocycles. The summed E-state index contributed by atoms with van der Waals surface area (Å²) in [5.74, 6) is 0.0596. The lowest BCUT2D eigenvalue weighted by molar-refractivity contribution is 0.103. The summed E-state index contributed by atoms with van der Waals surface area (Å²) in [6.45, 7) is 1.93. The van der Waals surface area contributed by atoms with Gasteiger partial charge in [-0.15, -0.1) is 11.3 Å². The molecule has 0 aliphatic rings. The van der Waals surface area contributed by atoms with Crippen LogP contribution in [-0.2, 0) is 0 Å². The molecule has 1 aromatic heterocycles. The Kier molecular flexibility index (Phi) is 2.46. The SMILES string of the molecule is Cc1cs[c]c1C(=O)c1ccccc1. The lowest BCUT2D eigenvalue weighted by Crippen LogP contribution is -2.00. The molecular formula is C12H9OS. The molecule has 0 unspecified atom stereocenters. The second kappa shape index (κ2) is 3.76. The van der Waals surface area contributed by atoms with E-state index < -0.39 is 0 Å². The maximum Gasteiger partial charge on any atom is 0.194 e. The van der Waals surface area contributed by atoms with E-state index >= 15 is 0 Å². The molecule has 0 N–H and O–H groups in total. The Morgan fingerprint density at radius 2 is 2.00 bits per heavy atom. The summed E-state index contributed by atoms with van der Waals surface area (Å²) in [6.07, 6.45) is 0. The van der Waals surface area contributed by atoms with E-state index in [1.807, 2.05) is 42.6 Å². The molecule has 0 saturated carbocycles. The zero-order valence-corrected chi connectivity index (χ0v) is 8.60. The van der Waals surface area contributed by atoms with Crippen molar-refractivity contribution in [3.8, 4) is 0 Å². The van der Waals surface area contributed by atoms with Crippen LogP contribution in [0.4, 0.5) is 0 Å². The lowest BCUT2D eigenvalue weighted by atomic mass is 10.0. The van der Waals surface area contributed by atoms with Crippen LogP contribution in [0.15, 0.2) is 35.7 Å². The van der Waals surface area contributed by atoms with Crippen LogP contribution in [0, 0.1) is 12.3 Å². The molecule has 0 aliphatic carbocycles. The number of thiophene rings is 1. The molecule has 0 atom stereocenters. The number of hydrogen-bond acceptors (Lipinski definition) is 2. The molecule has 0 fully saturated rings. The highest BCUT2D eigenvalue weighted by atomic mass is 32.1. The molecule has 1 aromatic carbocycles. The average Bonchev–Trinajstić information content (AvgIpc) is 2.65. The van der Waals surface area contributed by atoms with Crippen molar-refractivity contribution in [2.75, 3.05) is 0 Å². The van der Waals surface area contributed by atoms with Gasteiger partial charge in [0.25, 0.3) is 0 Å². The monoisotopic (exact) mass is 201 g/mol. The maximum absolute atomic E-state index is 11.9. The van der Waals surface area contributed by atoms with Crippen LogP contribution < -0.4 is 0 Å². The first-order valence-electron chi connectivity index (χ1n) is 4.34.